The average Bonchev–Trinajstić information content (AvgIpc) is 2.57. The second-order valence-electron chi connectivity index (χ2n) is 6.70. The Bertz CT molecular complexity index is 415. The van der Waals surface area contributed by atoms with E-state index in [1.165, 1.54) is 57.8 Å². The third-order valence-electron chi connectivity index (χ3n) is 4.61. The van der Waals surface area contributed by atoms with Gasteiger partial charge in [0.25, 0.3) is 0 Å². The van der Waals surface area contributed by atoms with Gasteiger partial charge in [0.05, 0.1) is 6.26 Å². The maximum absolute atomic E-state index is 12.3. The fourth-order valence-corrected chi connectivity index (χ4v) is 4.26. The summed E-state index contributed by atoms with van der Waals surface area (Å²) in [5.74, 6) is 1.02. The van der Waals surface area contributed by atoms with E-state index in [2.05, 4.69) is 20.1 Å². The molecule has 1 nitrogen and oxygen atoms in total. The highest BCUT2D eigenvalue weighted by atomic mass is 32.2. The van der Waals surface area contributed by atoms with Crippen LogP contribution in [0.25, 0.3) is 0 Å². The number of ketones is 1. The molecular weight excluding hydrogens is 300 g/mol. The van der Waals surface area contributed by atoms with Crippen LogP contribution in [0, 0.1) is 0 Å². The fraction of sp³-hybridized carbons (Fsp3) is 0.667. The Kier molecular flexibility index (Phi) is 11.1. The van der Waals surface area contributed by atoms with Crippen molar-refractivity contribution in [1.82, 2.24) is 0 Å². The van der Waals surface area contributed by atoms with E-state index in [-0.39, 0.29) is 10.9 Å². The summed E-state index contributed by atoms with van der Waals surface area (Å²) in [6.45, 7) is 4.59. The van der Waals surface area contributed by atoms with Gasteiger partial charge in [-0.1, -0.05) is 82.2 Å². The molecule has 0 aliphatic heterocycles. The molecule has 0 saturated heterocycles. The van der Waals surface area contributed by atoms with Gasteiger partial charge < -0.3 is 0 Å². The molecule has 0 bridgehead atoms. The molecule has 0 spiro atoms. The minimum Gasteiger partial charge on any atom is -0.289 e. The maximum Gasteiger partial charge on any atom is 0.211 e. The Morgan fingerprint density at radius 1 is 0.957 bits per heavy atom. The van der Waals surface area contributed by atoms with Gasteiger partial charge in [-0.25, -0.2) is 0 Å². The second kappa shape index (κ2) is 12.6. The number of rotatable bonds is 13. The van der Waals surface area contributed by atoms with Gasteiger partial charge >= 0.3 is 0 Å². The summed E-state index contributed by atoms with van der Waals surface area (Å²) in [6, 6.07) is 9.73. The highest BCUT2D eigenvalue weighted by Gasteiger charge is 2.24. The van der Waals surface area contributed by atoms with Gasteiger partial charge in [0.1, 0.15) is 5.25 Å². The predicted octanol–water partition coefficient (Wildman–Crippen LogP) is 6.04. The molecule has 1 unspecified atom stereocenters. The Morgan fingerprint density at radius 2 is 1.52 bits per heavy atom. The SMILES string of the molecule is CCCCCCCCCC[C@H](C)[S+](C)CC(=O)c1ccccc1. The first-order valence-electron chi connectivity index (χ1n) is 9.34. The van der Waals surface area contributed by atoms with Crippen molar-refractivity contribution in [3.8, 4) is 0 Å². The minimum absolute atomic E-state index is 0.194. The molecule has 0 radical (unpaired) electrons. The molecule has 2 atom stereocenters. The highest BCUT2D eigenvalue weighted by Crippen LogP contribution is 2.16. The molecule has 0 aromatic heterocycles. The van der Waals surface area contributed by atoms with Crippen molar-refractivity contribution in [2.75, 3.05) is 12.0 Å². The molecule has 0 aliphatic rings. The van der Waals surface area contributed by atoms with Gasteiger partial charge in [0.2, 0.25) is 5.78 Å². The van der Waals surface area contributed by atoms with Crippen molar-refractivity contribution in [1.29, 1.82) is 0 Å². The molecule has 0 N–H and O–H groups in total. The number of Topliss-reactive ketones (excluding diaryl/α,β-unsaturated/α-hetero) is 1. The zero-order valence-electron chi connectivity index (χ0n) is 15.4. The van der Waals surface area contributed by atoms with Gasteiger partial charge in [0, 0.05) is 5.56 Å². The van der Waals surface area contributed by atoms with Gasteiger partial charge in [-0.05, 0) is 30.7 Å². The standard InChI is InChI=1S/C21H35OS/c1-4-5-6-7-8-9-10-12-15-19(2)23(3)18-21(22)20-16-13-11-14-17-20/h11,13-14,16-17,19H,4-10,12,15,18H2,1-3H3/q+1/t19-,23?/m0/s1. The average molecular weight is 336 g/mol. The monoisotopic (exact) mass is 335 g/mol. The number of unbranched alkanes of at least 4 members (excludes halogenated alkanes) is 7. The van der Waals surface area contributed by atoms with E-state index in [4.69, 9.17) is 0 Å². The lowest BCUT2D eigenvalue weighted by Crippen LogP contribution is -2.25. The summed E-state index contributed by atoms with van der Waals surface area (Å²) in [6.07, 6.45) is 14.6. The third-order valence-corrected chi connectivity index (χ3v) is 6.93. The van der Waals surface area contributed by atoms with Crippen LogP contribution in [0.15, 0.2) is 30.3 Å². The molecule has 0 amide bonds. The van der Waals surface area contributed by atoms with E-state index in [1.54, 1.807) is 0 Å². The lowest BCUT2D eigenvalue weighted by Gasteiger charge is -2.11. The van der Waals surface area contributed by atoms with Crippen LogP contribution in [-0.2, 0) is 10.9 Å². The quantitative estimate of drug-likeness (QED) is 0.244. The number of hydrogen-bond acceptors (Lipinski definition) is 1. The van der Waals surface area contributed by atoms with Gasteiger partial charge in [-0.2, -0.15) is 0 Å². The lowest BCUT2D eigenvalue weighted by molar-refractivity contribution is 0.102. The molecule has 1 aromatic rings. The zero-order valence-corrected chi connectivity index (χ0v) is 16.2. The largest absolute Gasteiger partial charge is 0.289 e. The summed E-state index contributed by atoms with van der Waals surface area (Å²) in [4.78, 5) is 12.3. The Balaban J connectivity index is 2.12. The number of hydrogen-bond donors (Lipinski definition) is 0. The molecular formula is C21H35OS+. The van der Waals surface area contributed by atoms with E-state index in [1.807, 2.05) is 30.3 Å². The summed E-state index contributed by atoms with van der Waals surface area (Å²) in [5, 5.41) is 0.669. The molecule has 0 aliphatic carbocycles. The van der Waals surface area contributed by atoms with Crippen molar-refractivity contribution in [2.24, 2.45) is 0 Å². The molecule has 130 valence electrons. The summed E-state index contributed by atoms with van der Waals surface area (Å²) < 4.78 is 0. The summed E-state index contributed by atoms with van der Waals surface area (Å²) in [7, 11) is 0.194. The predicted molar refractivity (Wildman–Crippen MR) is 106 cm³/mol. The fourth-order valence-electron chi connectivity index (χ4n) is 2.82. The van der Waals surface area contributed by atoms with Crippen LogP contribution < -0.4 is 0 Å². The first kappa shape index (κ1) is 20.3. The summed E-state index contributed by atoms with van der Waals surface area (Å²) >= 11 is 0. The van der Waals surface area contributed by atoms with Crippen LogP contribution >= 0.6 is 0 Å². The van der Waals surface area contributed by atoms with E-state index >= 15 is 0 Å². The second-order valence-corrected chi connectivity index (χ2v) is 9.17. The van der Waals surface area contributed by atoms with Crippen molar-refractivity contribution < 1.29 is 4.79 Å². The molecule has 0 heterocycles. The van der Waals surface area contributed by atoms with Crippen LogP contribution in [0.4, 0.5) is 0 Å². The lowest BCUT2D eigenvalue weighted by atomic mass is 10.1. The molecule has 2 heteroatoms. The normalized spacial score (nSPS) is 13.7. The van der Waals surface area contributed by atoms with Crippen LogP contribution in [0.5, 0.6) is 0 Å². The van der Waals surface area contributed by atoms with E-state index in [0.29, 0.717) is 16.8 Å². The van der Waals surface area contributed by atoms with Crippen molar-refractivity contribution in [3.63, 3.8) is 0 Å². The van der Waals surface area contributed by atoms with Crippen molar-refractivity contribution in [2.45, 2.75) is 76.9 Å². The highest BCUT2D eigenvalue weighted by molar-refractivity contribution is 7.97. The topological polar surface area (TPSA) is 17.1 Å². The number of carbonyl (C=O) groups is 1. The van der Waals surface area contributed by atoms with Crippen molar-refractivity contribution >= 4 is 16.7 Å². The molecule has 0 fully saturated rings. The maximum atomic E-state index is 12.3. The summed E-state index contributed by atoms with van der Waals surface area (Å²) in [5.41, 5.74) is 0.867. The van der Waals surface area contributed by atoms with Gasteiger partial charge in [-0.15, -0.1) is 0 Å². The molecule has 1 aromatic carbocycles. The molecule has 0 saturated carbocycles. The smallest absolute Gasteiger partial charge is 0.211 e. The van der Waals surface area contributed by atoms with Gasteiger partial charge in [-0.3, -0.25) is 4.79 Å². The molecule has 23 heavy (non-hydrogen) atoms. The van der Waals surface area contributed by atoms with Crippen molar-refractivity contribution in [3.05, 3.63) is 35.9 Å². The van der Waals surface area contributed by atoms with Crippen LogP contribution in [0.3, 0.4) is 0 Å². The number of benzene rings is 1. The van der Waals surface area contributed by atoms with E-state index in [0.717, 1.165) is 5.56 Å². The first-order valence-corrected chi connectivity index (χ1v) is 11.2. The Morgan fingerprint density at radius 3 is 2.13 bits per heavy atom. The zero-order chi connectivity index (χ0) is 16.9. The van der Waals surface area contributed by atoms with Crippen LogP contribution in [-0.4, -0.2) is 23.0 Å². The van der Waals surface area contributed by atoms with Gasteiger partial charge in [0.15, 0.2) is 5.75 Å². The van der Waals surface area contributed by atoms with Crippen LogP contribution in [0.2, 0.25) is 0 Å². The van der Waals surface area contributed by atoms with E-state index < -0.39 is 0 Å². The van der Waals surface area contributed by atoms with Crippen LogP contribution in [0.1, 0.15) is 82.0 Å². The third kappa shape index (κ3) is 9.20. The first-order chi connectivity index (χ1) is 11.1. The minimum atomic E-state index is 0.194. The Labute approximate surface area is 146 Å². The molecule has 1 rings (SSSR count). The Hall–Kier alpha value is -0.760. The number of carbonyl (C=O) groups excluding carboxylic acids is 1. The van der Waals surface area contributed by atoms with E-state index in [9.17, 15) is 4.79 Å².